The molecule has 2 aromatic carbocycles. The summed E-state index contributed by atoms with van der Waals surface area (Å²) in [7, 11) is 0. The number of aromatic nitrogens is 3. The highest BCUT2D eigenvalue weighted by molar-refractivity contribution is 7.22. The fourth-order valence-corrected chi connectivity index (χ4v) is 4.33. The lowest BCUT2D eigenvalue weighted by Gasteiger charge is -2.10. The van der Waals surface area contributed by atoms with E-state index in [1.807, 2.05) is 48.5 Å². The minimum Gasteiger partial charge on any atom is -0.493 e. The van der Waals surface area contributed by atoms with Crippen molar-refractivity contribution < 1.29 is 24.5 Å². The Hall–Kier alpha value is -4.12. The maximum absolute atomic E-state index is 12.3. The van der Waals surface area contributed by atoms with Gasteiger partial charge in [0, 0.05) is 18.7 Å². The normalized spacial score (nSPS) is 10.9. The fraction of sp³-hybridized carbons (Fsp3) is 0.250. The molecule has 0 aliphatic heterocycles. The van der Waals surface area contributed by atoms with Crippen LogP contribution in [-0.4, -0.2) is 50.0 Å². The second-order valence-electron chi connectivity index (χ2n) is 7.62. The third-order valence-corrected chi connectivity index (χ3v) is 6.14. The molecule has 0 fully saturated rings. The van der Waals surface area contributed by atoms with Gasteiger partial charge in [0.1, 0.15) is 5.69 Å². The minimum absolute atomic E-state index is 0.0250. The smallest absolute Gasteiger partial charge is 0.423 e. The summed E-state index contributed by atoms with van der Waals surface area (Å²) in [4.78, 5) is 32.0. The van der Waals surface area contributed by atoms with Crippen molar-refractivity contribution in [1.29, 1.82) is 0 Å². The summed E-state index contributed by atoms with van der Waals surface area (Å²) >= 11 is 1.62. The number of thiazole rings is 1. The molecule has 0 amide bonds. The number of nitrogens with one attached hydrogen (secondary N) is 2. The molecule has 2 aromatic heterocycles. The van der Waals surface area contributed by atoms with E-state index in [0.29, 0.717) is 5.69 Å². The Kier molecular flexibility index (Phi) is 7.46. The van der Waals surface area contributed by atoms with E-state index >= 15 is 0 Å². The number of carboxylic acid groups (broad SMARTS) is 1. The zero-order chi connectivity index (χ0) is 24.8. The van der Waals surface area contributed by atoms with Crippen LogP contribution in [0.25, 0.3) is 10.2 Å². The Morgan fingerprint density at radius 2 is 1.86 bits per heavy atom. The minimum atomic E-state index is -1.03. The van der Waals surface area contributed by atoms with E-state index in [1.165, 1.54) is 0 Å². The van der Waals surface area contributed by atoms with Crippen LogP contribution in [0.1, 0.15) is 24.6 Å². The van der Waals surface area contributed by atoms with Gasteiger partial charge >= 0.3 is 12.1 Å². The summed E-state index contributed by atoms with van der Waals surface area (Å²) in [5.74, 6) is -1.42. The third-order valence-electron chi connectivity index (χ3n) is 5.14. The van der Waals surface area contributed by atoms with Gasteiger partial charge in [-0.25, -0.2) is 14.8 Å². The third kappa shape index (κ3) is 5.87. The molecule has 4 rings (SSSR count). The summed E-state index contributed by atoms with van der Waals surface area (Å²) in [5.41, 5.74) is 2.82. The highest BCUT2D eigenvalue weighted by Gasteiger charge is 2.23. The number of fused-ring (bicyclic) bond motifs is 1. The molecule has 0 bridgehead atoms. The number of carbonyl (C=O) groups excluding carboxylic acids is 1. The van der Waals surface area contributed by atoms with Crippen LogP contribution in [-0.2, 0) is 22.4 Å². The summed E-state index contributed by atoms with van der Waals surface area (Å²) in [5, 5.41) is 26.6. The Morgan fingerprint density at radius 1 is 1.09 bits per heavy atom. The Balaban J connectivity index is 1.41. The van der Waals surface area contributed by atoms with Crippen LogP contribution < -0.4 is 10.6 Å². The topological polar surface area (TPSA) is 139 Å². The molecule has 0 saturated carbocycles. The second-order valence-corrected chi connectivity index (χ2v) is 8.65. The number of nitrogens with zero attached hydrogens (tertiary/aromatic N) is 3. The lowest BCUT2D eigenvalue weighted by Crippen LogP contribution is -2.15. The summed E-state index contributed by atoms with van der Waals surface area (Å²) in [6.07, 6.45) is -0.275. The van der Waals surface area contributed by atoms with E-state index in [0.717, 1.165) is 38.4 Å². The Morgan fingerprint density at radius 3 is 2.57 bits per heavy atom. The zero-order valence-corrected chi connectivity index (χ0v) is 19.8. The number of aliphatic carboxylic acids is 1. The number of carbonyl (C=O) groups is 2. The number of imidazole rings is 1. The van der Waals surface area contributed by atoms with Crippen molar-refractivity contribution >= 4 is 50.4 Å². The highest BCUT2D eigenvalue weighted by atomic mass is 32.1. The van der Waals surface area contributed by atoms with E-state index in [1.54, 1.807) is 18.3 Å². The summed E-state index contributed by atoms with van der Waals surface area (Å²) in [6.45, 7) is 2.48. The number of anilines is 3. The van der Waals surface area contributed by atoms with Crippen LogP contribution in [0.15, 0.2) is 48.5 Å². The van der Waals surface area contributed by atoms with Gasteiger partial charge in [0.25, 0.3) is 0 Å². The van der Waals surface area contributed by atoms with Crippen LogP contribution in [0.5, 0.6) is 5.88 Å². The first kappa shape index (κ1) is 24.0. The van der Waals surface area contributed by atoms with Gasteiger partial charge in [-0.05, 0) is 43.2 Å². The lowest BCUT2D eigenvalue weighted by molar-refractivity contribution is -0.136. The van der Waals surface area contributed by atoms with Crippen LogP contribution in [0.2, 0.25) is 0 Å². The number of carboxylic acids is 1. The van der Waals surface area contributed by atoms with Crippen molar-refractivity contribution in [2.24, 2.45) is 0 Å². The molecule has 0 unspecified atom stereocenters. The molecule has 4 aromatic rings. The number of para-hydroxylation sites is 1. The van der Waals surface area contributed by atoms with Crippen molar-refractivity contribution in [2.75, 3.05) is 23.8 Å². The second kappa shape index (κ2) is 10.9. The molecular formula is C24H25N5O5S. The molecule has 0 aliphatic rings. The van der Waals surface area contributed by atoms with Gasteiger partial charge in [-0.2, -0.15) is 4.57 Å². The maximum atomic E-state index is 12.3. The van der Waals surface area contributed by atoms with Crippen LogP contribution in [0.4, 0.5) is 21.6 Å². The molecule has 2 heterocycles. The van der Waals surface area contributed by atoms with Gasteiger partial charge in [0.15, 0.2) is 5.13 Å². The van der Waals surface area contributed by atoms with Gasteiger partial charge in [0.05, 0.1) is 23.2 Å². The van der Waals surface area contributed by atoms with Gasteiger partial charge < -0.3 is 25.6 Å². The first-order valence-electron chi connectivity index (χ1n) is 11.1. The fourth-order valence-electron chi connectivity index (χ4n) is 3.44. The van der Waals surface area contributed by atoms with Gasteiger partial charge in [-0.15, -0.1) is 0 Å². The molecule has 0 saturated heterocycles. The predicted octanol–water partition coefficient (Wildman–Crippen LogP) is 4.62. The number of aryl methyl sites for hydroxylation is 1. The van der Waals surface area contributed by atoms with Crippen LogP contribution in [0, 0.1) is 0 Å². The Bertz CT molecular complexity index is 1300. The van der Waals surface area contributed by atoms with Crippen molar-refractivity contribution in [3.05, 3.63) is 59.8 Å². The van der Waals surface area contributed by atoms with Crippen molar-refractivity contribution in [3.8, 4) is 5.88 Å². The van der Waals surface area contributed by atoms with Crippen molar-refractivity contribution in [1.82, 2.24) is 14.5 Å². The average molecular weight is 496 g/mol. The highest BCUT2D eigenvalue weighted by Crippen LogP contribution is 2.28. The predicted molar refractivity (Wildman–Crippen MR) is 134 cm³/mol. The van der Waals surface area contributed by atoms with Crippen LogP contribution in [0.3, 0.4) is 0 Å². The molecule has 0 spiro atoms. The molecule has 11 heteroatoms. The van der Waals surface area contributed by atoms with E-state index < -0.39 is 17.9 Å². The first-order valence-corrected chi connectivity index (χ1v) is 11.9. The van der Waals surface area contributed by atoms with Gasteiger partial charge in [-0.1, -0.05) is 35.6 Å². The number of ether oxygens (including phenoxy) is 1. The molecule has 0 atom stereocenters. The van der Waals surface area contributed by atoms with Gasteiger partial charge in [-0.3, -0.25) is 4.79 Å². The molecule has 0 radical (unpaired) electrons. The van der Waals surface area contributed by atoms with Crippen LogP contribution >= 0.6 is 11.3 Å². The average Bonchev–Trinajstić information content (AvgIpc) is 3.39. The molecule has 10 nitrogen and oxygen atoms in total. The first-order chi connectivity index (χ1) is 16.9. The lowest BCUT2D eigenvalue weighted by atomic mass is 10.1. The molecule has 0 aliphatic carbocycles. The standard InChI is InChI=1S/C24H25N5O5S/c1-2-34-24(33)29-21(32)18(11-12-20(30)31)27-22(29)26-16-9-7-15(8-10-16)13-14-25-23-28-17-5-3-4-6-19(17)35-23/h3-10,32H,2,11-14H2,1H3,(H,25,28)(H,26,27)(H,30,31). The summed E-state index contributed by atoms with van der Waals surface area (Å²) in [6, 6.07) is 15.6. The van der Waals surface area contributed by atoms with E-state index in [2.05, 4.69) is 20.6 Å². The number of benzene rings is 2. The zero-order valence-electron chi connectivity index (χ0n) is 19.0. The number of hydrogen-bond donors (Lipinski definition) is 4. The van der Waals surface area contributed by atoms with Crippen molar-refractivity contribution in [2.45, 2.75) is 26.2 Å². The number of hydrogen-bond acceptors (Lipinski definition) is 9. The monoisotopic (exact) mass is 495 g/mol. The molecule has 182 valence electrons. The van der Waals surface area contributed by atoms with Gasteiger partial charge in [0.2, 0.25) is 11.8 Å². The SMILES string of the molecule is CCOC(=O)n1c(Nc2ccc(CCNc3nc4ccccc4s3)cc2)nc(CCC(=O)O)c1O. The molecular weight excluding hydrogens is 470 g/mol. The molecule has 4 N–H and O–H groups in total. The number of aromatic hydroxyl groups is 1. The number of rotatable bonds is 10. The maximum Gasteiger partial charge on any atom is 0.423 e. The summed E-state index contributed by atoms with van der Waals surface area (Å²) < 4.78 is 7.04. The Labute approximate surface area is 205 Å². The quantitative estimate of drug-likeness (QED) is 0.248. The largest absolute Gasteiger partial charge is 0.493 e. The molecule has 35 heavy (non-hydrogen) atoms. The van der Waals surface area contributed by atoms with E-state index in [-0.39, 0.29) is 31.1 Å². The van der Waals surface area contributed by atoms with E-state index in [9.17, 15) is 14.7 Å². The van der Waals surface area contributed by atoms with E-state index in [4.69, 9.17) is 9.84 Å². The van der Waals surface area contributed by atoms with Crippen molar-refractivity contribution in [3.63, 3.8) is 0 Å².